The van der Waals surface area contributed by atoms with Crippen molar-refractivity contribution in [2.45, 2.75) is 25.8 Å². The quantitative estimate of drug-likeness (QED) is 0.839. The second-order valence-electron chi connectivity index (χ2n) is 5.98. The summed E-state index contributed by atoms with van der Waals surface area (Å²) in [6.45, 7) is 6.63. The van der Waals surface area contributed by atoms with Gasteiger partial charge in [-0.05, 0) is 52.6 Å². The van der Waals surface area contributed by atoms with Gasteiger partial charge in [-0.3, -0.25) is 0 Å². The molecule has 1 aliphatic heterocycles. The minimum atomic E-state index is 0.266. The van der Waals surface area contributed by atoms with E-state index in [4.69, 9.17) is 4.98 Å². The van der Waals surface area contributed by atoms with Crippen molar-refractivity contribution >= 4 is 27.4 Å². The van der Waals surface area contributed by atoms with Crippen LogP contribution in [-0.4, -0.2) is 42.6 Å². The summed E-state index contributed by atoms with van der Waals surface area (Å²) in [6.07, 6.45) is 1.20. The Morgan fingerprint density at radius 3 is 2.84 bits per heavy atom. The van der Waals surface area contributed by atoms with Crippen molar-refractivity contribution in [3.8, 4) is 0 Å². The Morgan fingerprint density at radius 1 is 1.37 bits per heavy atom. The van der Waals surface area contributed by atoms with E-state index in [2.05, 4.69) is 55.9 Å². The highest BCUT2D eigenvalue weighted by atomic mass is 32.1. The van der Waals surface area contributed by atoms with Crippen molar-refractivity contribution < 1.29 is 0 Å². The van der Waals surface area contributed by atoms with Gasteiger partial charge < -0.3 is 9.80 Å². The molecule has 0 radical (unpaired) electrons. The molecule has 3 rings (SSSR count). The molecule has 2 aromatic heterocycles. The van der Waals surface area contributed by atoms with Crippen molar-refractivity contribution in [2.75, 3.05) is 32.1 Å². The number of hydrogen-bond acceptors (Lipinski definition) is 4. The molecule has 2 aromatic rings. The van der Waals surface area contributed by atoms with Crippen molar-refractivity contribution in [3.05, 3.63) is 23.1 Å². The average Bonchev–Trinajstić information content (AvgIpc) is 2.91. The van der Waals surface area contributed by atoms with Gasteiger partial charge in [-0.1, -0.05) is 0 Å². The van der Waals surface area contributed by atoms with E-state index in [0.717, 1.165) is 23.7 Å². The van der Waals surface area contributed by atoms with Gasteiger partial charge in [0.25, 0.3) is 0 Å². The van der Waals surface area contributed by atoms with Crippen LogP contribution >= 0.6 is 11.3 Å². The fourth-order valence-electron chi connectivity index (χ4n) is 2.72. The summed E-state index contributed by atoms with van der Waals surface area (Å²) >= 11 is 1.78. The number of aryl methyl sites for hydroxylation is 1. The number of pyridine rings is 1. The summed E-state index contributed by atoms with van der Waals surface area (Å²) in [5.41, 5.74) is 0.266. The highest BCUT2D eigenvalue weighted by Crippen LogP contribution is 2.31. The van der Waals surface area contributed by atoms with Gasteiger partial charge in [0.2, 0.25) is 0 Å². The molecule has 1 aliphatic rings. The third-order valence-corrected chi connectivity index (χ3v) is 5.31. The van der Waals surface area contributed by atoms with E-state index in [9.17, 15) is 0 Å². The lowest BCUT2D eigenvalue weighted by Gasteiger charge is -2.32. The zero-order chi connectivity index (χ0) is 13.6. The topological polar surface area (TPSA) is 19.4 Å². The second kappa shape index (κ2) is 4.46. The van der Waals surface area contributed by atoms with Gasteiger partial charge in [0.05, 0.1) is 0 Å². The normalized spacial score (nSPS) is 23.7. The van der Waals surface area contributed by atoms with E-state index in [1.807, 2.05) is 0 Å². The van der Waals surface area contributed by atoms with Crippen LogP contribution in [0.2, 0.25) is 0 Å². The molecule has 1 saturated heterocycles. The molecular weight excluding hydrogens is 254 g/mol. The lowest BCUT2D eigenvalue weighted by Crippen LogP contribution is -2.43. The van der Waals surface area contributed by atoms with Gasteiger partial charge in [0.1, 0.15) is 10.6 Å². The Bertz CT molecular complexity index is 604. The molecular formula is C15H21N3S. The first-order valence-electron chi connectivity index (χ1n) is 6.77. The fourth-order valence-corrected chi connectivity index (χ4v) is 3.59. The van der Waals surface area contributed by atoms with E-state index in [1.54, 1.807) is 11.3 Å². The number of hydrogen-bond donors (Lipinski definition) is 0. The Morgan fingerprint density at radius 2 is 2.16 bits per heavy atom. The van der Waals surface area contributed by atoms with Gasteiger partial charge in [-0.2, -0.15) is 0 Å². The highest BCUT2D eigenvalue weighted by molar-refractivity contribution is 7.18. The van der Waals surface area contributed by atoms with E-state index in [0.29, 0.717) is 0 Å². The van der Waals surface area contributed by atoms with Crippen LogP contribution in [-0.2, 0) is 0 Å². The summed E-state index contributed by atoms with van der Waals surface area (Å²) < 4.78 is 0. The second-order valence-corrected chi connectivity index (χ2v) is 7.22. The third-order valence-electron chi connectivity index (χ3n) is 4.35. The van der Waals surface area contributed by atoms with E-state index in [-0.39, 0.29) is 5.54 Å². The molecule has 1 fully saturated rings. The van der Waals surface area contributed by atoms with E-state index >= 15 is 0 Å². The number of anilines is 1. The van der Waals surface area contributed by atoms with Crippen LogP contribution in [0.5, 0.6) is 0 Å². The summed E-state index contributed by atoms with van der Waals surface area (Å²) in [6, 6.07) is 6.58. The molecule has 102 valence electrons. The molecule has 0 saturated carbocycles. The Kier molecular flexibility index (Phi) is 3.02. The largest absolute Gasteiger partial charge is 0.355 e. The standard InChI is InChI=1S/C15H21N3S/c1-11-9-12-5-6-13(16-14(12)19-11)18-8-7-15(2,10-18)17(3)4/h5-6,9H,7-8,10H2,1-4H3. The number of nitrogens with zero attached hydrogens (tertiary/aromatic N) is 3. The lowest BCUT2D eigenvalue weighted by molar-refractivity contribution is 0.198. The predicted octanol–water partition coefficient (Wildman–Crippen LogP) is 3.14. The fraction of sp³-hybridized carbons (Fsp3) is 0.533. The summed E-state index contributed by atoms with van der Waals surface area (Å²) in [5.74, 6) is 1.12. The van der Waals surface area contributed by atoms with Gasteiger partial charge in [-0.15, -0.1) is 11.3 Å². The van der Waals surface area contributed by atoms with Crippen LogP contribution in [0, 0.1) is 6.92 Å². The van der Waals surface area contributed by atoms with Crippen LogP contribution in [0.15, 0.2) is 18.2 Å². The Balaban J connectivity index is 1.89. The molecule has 0 amide bonds. The Labute approximate surface area is 118 Å². The van der Waals surface area contributed by atoms with Crippen LogP contribution < -0.4 is 4.90 Å². The minimum absolute atomic E-state index is 0.266. The highest BCUT2D eigenvalue weighted by Gasteiger charge is 2.36. The summed E-state index contributed by atoms with van der Waals surface area (Å²) in [7, 11) is 4.34. The number of aromatic nitrogens is 1. The molecule has 4 heteroatoms. The van der Waals surface area contributed by atoms with E-state index in [1.165, 1.54) is 16.7 Å². The zero-order valence-electron chi connectivity index (χ0n) is 12.1. The van der Waals surface area contributed by atoms with Crippen LogP contribution in [0.25, 0.3) is 10.2 Å². The summed E-state index contributed by atoms with van der Waals surface area (Å²) in [4.78, 5) is 12.1. The van der Waals surface area contributed by atoms with Crippen LogP contribution in [0.3, 0.4) is 0 Å². The molecule has 1 unspecified atom stereocenters. The molecule has 0 bridgehead atoms. The lowest BCUT2D eigenvalue weighted by atomic mass is 10.0. The first kappa shape index (κ1) is 12.9. The number of rotatable bonds is 2. The van der Waals surface area contributed by atoms with Gasteiger partial charge in [-0.25, -0.2) is 4.98 Å². The molecule has 0 spiro atoms. The molecule has 0 aliphatic carbocycles. The Hall–Kier alpha value is -1.13. The minimum Gasteiger partial charge on any atom is -0.355 e. The average molecular weight is 275 g/mol. The number of fused-ring (bicyclic) bond motifs is 1. The van der Waals surface area contributed by atoms with Crippen LogP contribution in [0.1, 0.15) is 18.2 Å². The molecule has 1 atom stereocenters. The van der Waals surface area contributed by atoms with Crippen LogP contribution in [0.4, 0.5) is 5.82 Å². The van der Waals surface area contributed by atoms with E-state index < -0.39 is 0 Å². The maximum Gasteiger partial charge on any atom is 0.130 e. The predicted molar refractivity (Wildman–Crippen MR) is 83.3 cm³/mol. The monoisotopic (exact) mass is 275 g/mol. The molecule has 19 heavy (non-hydrogen) atoms. The zero-order valence-corrected chi connectivity index (χ0v) is 12.9. The van der Waals surface area contributed by atoms with Crippen molar-refractivity contribution in [1.29, 1.82) is 0 Å². The van der Waals surface area contributed by atoms with Gasteiger partial charge >= 0.3 is 0 Å². The molecule has 0 N–H and O–H groups in total. The van der Waals surface area contributed by atoms with Crippen molar-refractivity contribution in [3.63, 3.8) is 0 Å². The molecule has 3 heterocycles. The smallest absolute Gasteiger partial charge is 0.130 e. The SMILES string of the molecule is Cc1cc2ccc(N3CCC(C)(N(C)C)C3)nc2s1. The molecule has 3 nitrogen and oxygen atoms in total. The maximum atomic E-state index is 4.83. The first-order valence-corrected chi connectivity index (χ1v) is 7.59. The van der Waals surface area contributed by atoms with Gasteiger partial charge in [0.15, 0.2) is 0 Å². The number of likely N-dealkylation sites (N-methyl/N-ethyl adjacent to an activating group) is 1. The maximum absolute atomic E-state index is 4.83. The third kappa shape index (κ3) is 2.23. The van der Waals surface area contributed by atoms with Crippen molar-refractivity contribution in [2.24, 2.45) is 0 Å². The number of thiophene rings is 1. The van der Waals surface area contributed by atoms with Gasteiger partial charge in [0, 0.05) is 28.9 Å². The first-order chi connectivity index (χ1) is 8.98. The van der Waals surface area contributed by atoms with Crippen molar-refractivity contribution in [1.82, 2.24) is 9.88 Å². The molecule has 0 aromatic carbocycles. The summed E-state index contributed by atoms with van der Waals surface area (Å²) in [5, 5.41) is 1.26.